The second-order valence-electron chi connectivity index (χ2n) is 4.53. The van der Waals surface area contributed by atoms with Gasteiger partial charge >= 0.3 is 0 Å². The summed E-state index contributed by atoms with van der Waals surface area (Å²) in [6.07, 6.45) is 0.705. The number of ether oxygens (including phenoxy) is 1. The van der Waals surface area contributed by atoms with E-state index < -0.39 is 0 Å². The zero-order chi connectivity index (χ0) is 13.8. The summed E-state index contributed by atoms with van der Waals surface area (Å²) in [4.78, 5) is 0. The van der Waals surface area contributed by atoms with Gasteiger partial charge in [0.1, 0.15) is 11.6 Å². The van der Waals surface area contributed by atoms with Gasteiger partial charge < -0.3 is 4.74 Å². The minimum atomic E-state index is -0.197. The minimum absolute atomic E-state index is 0.160. The number of hydrogen-bond acceptors (Lipinski definition) is 1. The van der Waals surface area contributed by atoms with Gasteiger partial charge in [-0.2, -0.15) is 0 Å². The van der Waals surface area contributed by atoms with Gasteiger partial charge in [-0.25, -0.2) is 4.39 Å². The maximum atomic E-state index is 13.2. The van der Waals surface area contributed by atoms with Crippen LogP contribution in [0.25, 0.3) is 0 Å². The highest BCUT2D eigenvalue weighted by molar-refractivity contribution is 6.20. The van der Waals surface area contributed by atoms with Crippen molar-refractivity contribution in [3.05, 3.63) is 65.0 Å². The topological polar surface area (TPSA) is 9.23 Å². The lowest BCUT2D eigenvalue weighted by Gasteiger charge is -2.11. The van der Waals surface area contributed by atoms with Crippen molar-refractivity contribution in [2.24, 2.45) is 0 Å². The average Bonchev–Trinajstić information content (AvgIpc) is 2.42. The standard InChI is InChI=1S/C16H16ClFO/c1-11-9-13(5-8-16(11)18)15(17)10-12-3-6-14(19-2)7-4-12/h3-9,15H,10H2,1-2H3. The fourth-order valence-electron chi connectivity index (χ4n) is 1.95. The SMILES string of the molecule is COc1ccc(CC(Cl)c2ccc(F)c(C)c2)cc1. The molecule has 0 radical (unpaired) electrons. The van der Waals surface area contributed by atoms with Crippen LogP contribution in [-0.4, -0.2) is 7.11 Å². The molecule has 1 atom stereocenters. The summed E-state index contributed by atoms with van der Waals surface area (Å²) >= 11 is 6.39. The molecule has 0 aliphatic rings. The summed E-state index contributed by atoms with van der Waals surface area (Å²) in [7, 11) is 1.64. The Morgan fingerprint density at radius 2 is 1.84 bits per heavy atom. The van der Waals surface area contributed by atoms with Crippen molar-refractivity contribution in [1.29, 1.82) is 0 Å². The van der Waals surface area contributed by atoms with Gasteiger partial charge in [0.15, 0.2) is 0 Å². The zero-order valence-electron chi connectivity index (χ0n) is 11.0. The molecule has 0 bridgehead atoms. The van der Waals surface area contributed by atoms with Crippen molar-refractivity contribution in [3.8, 4) is 5.75 Å². The largest absolute Gasteiger partial charge is 0.497 e. The molecule has 0 N–H and O–H groups in total. The third kappa shape index (κ3) is 3.48. The van der Waals surface area contributed by atoms with Crippen molar-refractivity contribution in [2.75, 3.05) is 7.11 Å². The lowest BCUT2D eigenvalue weighted by atomic mass is 10.0. The summed E-state index contributed by atoms with van der Waals surface area (Å²) in [6.45, 7) is 1.75. The summed E-state index contributed by atoms with van der Waals surface area (Å²) in [5.41, 5.74) is 2.69. The Morgan fingerprint density at radius 1 is 1.16 bits per heavy atom. The molecule has 1 nitrogen and oxygen atoms in total. The van der Waals surface area contributed by atoms with Crippen molar-refractivity contribution in [3.63, 3.8) is 0 Å². The summed E-state index contributed by atoms with van der Waals surface area (Å²) in [5, 5.41) is -0.160. The Morgan fingerprint density at radius 3 is 2.42 bits per heavy atom. The predicted molar refractivity (Wildman–Crippen MR) is 76.4 cm³/mol. The van der Waals surface area contributed by atoms with Gasteiger partial charge in [0.2, 0.25) is 0 Å². The van der Waals surface area contributed by atoms with E-state index in [4.69, 9.17) is 16.3 Å². The van der Waals surface area contributed by atoms with Crippen molar-refractivity contribution in [1.82, 2.24) is 0 Å². The molecular formula is C16H16ClFO. The van der Waals surface area contributed by atoms with E-state index in [-0.39, 0.29) is 11.2 Å². The fourth-order valence-corrected chi connectivity index (χ4v) is 2.26. The van der Waals surface area contributed by atoms with E-state index in [1.165, 1.54) is 6.07 Å². The highest BCUT2D eigenvalue weighted by Gasteiger charge is 2.10. The normalized spacial score (nSPS) is 12.2. The molecular weight excluding hydrogens is 263 g/mol. The Labute approximate surface area is 118 Å². The second-order valence-corrected chi connectivity index (χ2v) is 5.06. The molecule has 0 saturated carbocycles. The van der Waals surface area contributed by atoms with Crippen LogP contribution in [0.3, 0.4) is 0 Å². The fraction of sp³-hybridized carbons (Fsp3) is 0.250. The molecule has 2 aromatic carbocycles. The van der Waals surface area contributed by atoms with Crippen LogP contribution in [0.2, 0.25) is 0 Å². The number of aryl methyl sites for hydroxylation is 1. The number of rotatable bonds is 4. The number of alkyl halides is 1. The Kier molecular flexibility index (Phi) is 4.43. The van der Waals surface area contributed by atoms with Gasteiger partial charge in [0.25, 0.3) is 0 Å². The van der Waals surface area contributed by atoms with E-state index in [0.29, 0.717) is 12.0 Å². The average molecular weight is 279 g/mol. The van der Waals surface area contributed by atoms with Crippen LogP contribution in [0, 0.1) is 12.7 Å². The summed E-state index contributed by atoms with van der Waals surface area (Å²) in [5.74, 6) is 0.629. The quantitative estimate of drug-likeness (QED) is 0.739. The number of methoxy groups -OCH3 is 1. The van der Waals surface area contributed by atoms with Crippen LogP contribution in [0.15, 0.2) is 42.5 Å². The van der Waals surface area contributed by atoms with E-state index in [2.05, 4.69) is 0 Å². The molecule has 0 amide bonds. The van der Waals surface area contributed by atoms with Gasteiger partial charge in [-0.15, -0.1) is 11.6 Å². The highest BCUT2D eigenvalue weighted by atomic mass is 35.5. The molecule has 0 aliphatic heterocycles. The first-order valence-corrected chi connectivity index (χ1v) is 6.57. The van der Waals surface area contributed by atoms with Crippen LogP contribution in [0.5, 0.6) is 5.75 Å². The van der Waals surface area contributed by atoms with E-state index in [1.807, 2.05) is 24.3 Å². The lowest BCUT2D eigenvalue weighted by molar-refractivity contribution is 0.414. The third-order valence-electron chi connectivity index (χ3n) is 3.12. The molecule has 0 heterocycles. The van der Waals surface area contributed by atoms with Crippen molar-refractivity contribution < 1.29 is 9.13 Å². The molecule has 0 aliphatic carbocycles. The molecule has 0 fully saturated rings. The van der Waals surface area contributed by atoms with E-state index in [1.54, 1.807) is 26.2 Å². The van der Waals surface area contributed by atoms with Crippen molar-refractivity contribution in [2.45, 2.75) is 18.7 Å². The van der Waals surface area contributed by atoms with Crippen molar-refractivity contribution >= 4 is 11.6 Å². The maximum absolute atomic E-state index is 13.2. The molecule has 0 spiro atoms. The lowest BCUT2D eigenvalue weighted by Crippen LogP contribution is -1.97. The summed E-state index contributed by atoms with van der Waals surface area (Å²) < 4.78 is 18.3. The Balaban J connectivity index is 2.10. The molecule has 2 aromatic rings. The first-order valence-electron chi connectivity index (χ1n) is 6.13. The van der Waals surface area contributed by atoms with Crippen LogP contribution < -0.4 is 4.74 Å². The highest BCUT2D eigenvalue weighted by Crippen LogP contribution is 2.27. The number of benzene rings is 2. The third-order valence-corrected chi connectivity index (χ3v) is 3.52. The van der Waals surface area contributed by atoms with Crippen LogP contribution in [0.4, 0.5) is 4.39 Å². The van der Waals surface area contributed by atoms with Crippen LogP contribution in [0.1, 0.15) is 22.1 Å². The summed E-state index contributed by atoms with van der Waals surface area (Å²) in [6, 6.07) is 12.8. The van der Waals surface area contributed by atoms with E-state index in [0.717, 1.165) is 16.9 Å². The molecule has 0 aromatic heterocycles. The van der Waals surface area contributed by atoms with Gasteiger partial charge in [-0.3, -0.25) is 0 Å². The smallest absolute Gasteiger partial charge is 0.126 e. The predicted octanol–water partition coefficient (Wildman–Crippen LogP) is 4.67. The van der Waals surface area contributed by atoms with Crippen LogP contribution >= 0.6 is 11.6 Å². The van der Waals surface area contributed by atoms with Gasteiger partial charge in [-0.1, -0.05) is 24.3 Å². The molecule has 3 heteroatoms. The molecule has 2 rings (SSSR count). The van der Waals surface area contributed by atoms with Gasteiger partial charge in [0, 0.05) is 0 Å². The molecule has 0 saturated heterocycles. The molecule has 1 unspecified atom stereocenters. The number of hydrogen-bond donors (Lipinski definition) is 0. The molecule has 100 valence electrons. The second kappa shape index (κ2) is 6.07. The molecule has 19 heavy (non-hydrogen) atoms. The van der Waals surface area contributed by atoms with E-state index >= 15 is 0 Å². The zero-order valence-corrected chi connectivity index (χ0v) is 11.7. The monoisotopic (exact) mass is 278 g/mol. The van der Waals surface area contributed by atoms with Gasteiger partial charge in [0.05, 0.1) is 12.5 Å². The first-order chi connectivity index (χ1) is 9.10. The maximum Gasteiger partial charge on any atom is 0.126 e. The Hall–Kier alpha value is -1.54. The van der Waals surface area contributed by atoms with E-state index in [9.17, 15) is 4.39 Å². The first kappa shape index (κ1) is 13.9. The number of halogens is 2. The Bertz CT molecular complexity index is 551. The van der Waals surface area contributed by atoms with Gasteiger partial charge in [-0.05, 0) is 48.2 Å². The van der Waals surface area contributed by atoms with Crippen LogP contribution in [-0.2, 0) is 6.42 Å². The minimum Gasteiger partial charge on any atom is -0.497 e.